The predicted octanol–water partition coefficient (Wildman–Crippen LogP) is 5.30. The van der Waals surface area contributed by atoms with Crippen LogP contribution < -0.4 is 9.46 Å². The van der Waals surface area contributed by atoms with Gasteiger partial charge in [-0.15, -0.1) is 0 Å². The van der Waals surface area contributed by atoms with Crippen molar-refractivity contribution in [1.29, 1.82) is 0 Å². The Morgan fingerprint density at radius 3 is 2.17 bits per heavy atom. The molecule has 0 aliphatic heterocycles. The Hall–Kier alpha value is -4.13. The number of esters is 1. The maximum Gasteiger partial charge on any atom is 0.423 e. The molecule has 35 heavy (non-hydrogen) atoms. The number of carbonyl (C=O) groups excluding carboxylic acids is 1. The molecule has 0 aliphatic carbocycles. The van der Waals surface area contributed by atoms with Gasteiger partial charge in [-0.25, -0.2) is 13.2 Å². The summed E-state index contributed by atoms with van der Waals surface area (Å²) in [5.41, 5.74) is -2.28. The first kappa shape index (κ1) is 25.5. The SMILES string of the molecule is COC(=O)c1cc(Oc2ccc([N+](=O)[O-])c(C(F)(F)F)c2)ccc1NS(=O)(=O)c1ccc(C)cc1. The zero-order valence-electron chi connectivity index (χ0n) is 18.1. The third-order valence-electron chi connectivity index (χ3n) is 4.68. The zero-order chi connectivity index (χ0) is 26.0. The van der Waals surface area contributed by atoms with Crippen LogP contribution in [0, 0.1) is 17.0 Å². The van der Waals surface area contributed by atoms with E-state index in [4.69, 9.17) is 4.74 Å². The van der Waals surface area contributed by atoms with Gasteiger partial charge in [-0.1, -0.05) is 17.7 Å². The summed E-state index contributed by atoms with van der Waals surface area (Å²) in [5.74, 6) is -1.49. The van der Waals surface area contributed by atoms with Gasteiger partial charge in [0.05, 0.1) is 28.2 Å². The summed E-state index contributed by atoms with van der Waals surface area (Å²) < 4.78 is 77.4. The number of ether oxygens (including phenoxy) is 2. The molecule has 0 aromatic heterocycles. The summed E-state index contributed by atoms with van der Waals surface area (Å²) in [6.07, 6.45) is -5.02. The molecule has 0 aliphatic rings. The first-order valence-electron chi connectivity index (χ1n) is 9.67. The number of nitro groups is 1. The topological polar surface area (TPSA) is 125 Å². The number of nitro benzene ring substituents is 1. The highest BCUT2D eigenvalue weighted by atomic mass is 32.2. The van der Waals surface area contributed by atoms with Crippen LogP contribution >= 0.6 is 0 Å². The van der Waals surface area contributed by atoms with Crippen molar-refractivity contribution in [2.24, 2.45) is 0 Å². The summed E-state index contributed by atoms with van der Waals surface area (Å²) >= 11 is 0. The molecule has 0 radical (unpaired) electrons. The van der Waals surface area contributed by atoms with Crippen molar-refractivity contribution >= 4 is 27.4 Å². The van der Waals surface area contributed by atoms with E-state index in [9.17, 15) is 36.5 Å². The molecule has 0 heterocycles. The number of nitrogens with zero attached hydrogens (tertiary/aromatic N) is 1. The number of anilines is 1. The molecule has 0 atom stereocenters. The van der Waals surface area contributed by atoms with E-state index in [1.165, 1.54) is 24.3 Å². The number of methoxy groups -OCH3 is 1. The van der Waals surface area contributed by atoms with Crippen molar-refractivity contribution < 1.29 is 40.8 Å². The highest BCUT2D eigenvalue weighted by Gasteiger charge is 2.38. The van der Waals surface area contributed by atoms with E-state index in [0.29, 0.717) is 12.1 Å². The molecule has 3 rings (SSSR count). The first-order chi connectivity index (χ1) is 16.3. The number of alkyl halides is 3. The summed E-state index contributed by atoms with van der Waals surface area (Å²) in [7, 11) is -3.03. The van der Waals surface area contributed by atoms with E-state index in [2.05, 4.69) is 9.46 Å². The second-order valence-electron chi connectivity index (χ2n) is 7.15. The minimum atomic E-state index is -5.02. The third-order valence-corrected chi connectivity index (χ3v) is 6.06. The Labute approximate surface area is 197 Å². The zero-order valence-corrected chi connectivity index (χ0v) is 18.9. The summed E-state index contributed by atoms with van der Waals surface area (Å²) in [6, 6.07) is 11.4. The lowest BCUT2D eigenvalue weighted by Gasteiger charge is -2.14. The fraction of sp³-hybridized carbons (Fsp3) is 0.136. The maximum absolute atomic E-state index is 13.2. The average Bonchev–Trinajstić information content (AvgIpc) is 2.79. The van der Waals surface area contributed by atoms with Crippen molar-refractivity contribution in [3.8, 4) is 11.5 Å². The van der Waals surface area contributed by atoms with E-state index >= 15 is 0 Å². The van der Waals surface area contributed by atoms with Gasteiger partial charge in [0, 0.05) is 6.07 Å². The number of hydrogen-bond acceptors (Lipinski definition) is 7. The Bertz CT molecular complexity index is 1390. The van der Waals surface area contributed by atoms with Gasteiger partial charge in [0.2, 0.25) is 0 Å². The molecule has 9 nitrogen and oxygen atoms in total. The van der Waals surface area contributed by atoms with Crippen LogP contribution in [-0.4, -0.2) is 26.4 Å². The molecule has 0 fully saturated rings. The van der Waals surface area contributed by atoms with Crippen molar-refractivity contribution in [1.82, 2.24) is 0 Å². The number of benzene rings is 3. The molecule has 13 heteroatoms. The molecular formula is C22H17F3N2O7S. The average molecular weight is 510 g/mol. The number of sulfonamides is 1. The van der Waals surface area contributed by atoms with Crippen molar-refractivity contribution in [3.63, 3.8) is 0 Å². The summed E-state index contributed by atoms with van der Waals surface area (Å²) in [5, 5.41) is 10.9. The Balaban J connectivity index is 1.97. The van der Waals surface area contributed by atoms with E-state index < -0.39 is 44.1 Å². The standard InChI is InChI=1S/C22H17F3N2O7S/c1-13-3-7-16(8-4-13)35(31,32)26-19-9-5-14(11-17(19)21(28)33-2)34-15-6-10-20(27(29)30)18(12-15)22(23,24)25/h3-12,26H,1-2H3. The van der Waals surface area contributed by atoms with E-state index in [0.717, 1.165) is 24.8 Å². The molecule has 0 saturated carbocycles. The number of aryl methyl sites for hydroxylation is 1. The van der Waals surface area contributed by atoms with Gasteiger partial charge in [0.25, 0.3) is 15.7 Å². The Morgan fingerprint density at radius 1 is 1.00 bits per heavy atom. The van der Waals surface area contributed by atoms with Crippen LogP contribution in [-0.2, 0) is 20.9 Å². The van der Waals surface area contributed by atoms with Crippen LogP contribution in [0.25, 0.3) is 0 Å². The Morgan fingerprint density at radius 2 is 1.60 bits per heavy atom. The normalized spacial score (nSPS) is 11.6. The molecular weight excluding hydrogens is 493 g/mol. The van der Waals surface area contributed by atoms with E-state index in [1.54, 1.807) is 19.1 Å². The molecule has 3 aromatic carbocycles. The number of carbonyl (C=O) groups is 1. The van der Waals surface area contributed by atoms with Crippen LogP contribution in [0.3, 0.4) is 0 Å². The van der Waals surface area contributed by atoms with E-state index in [1.807, 2.05) is 0 Å². The molecule has 0 unspecified atom stereocenters. The molecule has 0 saturated heterocycles. The van der Waals surface area contributed by atoms with Gasteiger partial charge >= 0.3 is 12.1 Å². The van der Waals surface area contributed by atoms with E-state index in [-0.39, 0.29) is 21.9 Å². The number of nitrogens with one attached hydrogen (secondary N) is 1. The largest absolute Gasteiger partial charge is 0.465 e. The van der Waals surface area contributed by atoms with Gasteiger partial charge < -0.3 is 9.47 Å². The molecule has 184 valence electrons. The van der Waals surface area contributed by atoms with Crippen LogP contribution in [0.1, 0.15) is 21.5 Å². The van der Waals surface area contributed by atoms with Gasteiger partial charge in [-0.2, -0.15) is 13.2 Å². The number of halogens is 3. The second-order valence-corrected chi connectivity index (χ2v) is 8.84. The lowest BCUT2D eigenvalue weighted by Crippen LogP contribution is -2.16. The monoisotopic (exact) mass is 510 g/mol. The lowest BCUT2D eigenvalue weighted by molar-refractivity contribution is -0.388. The molecule has 0 amide bonds. The highest BCUT2D eigenvalue weighted by Crippen LogP contribution is 2.39. The van der Waals surface area contributed by atoms with Crippen molar-refractivity contribution in [2.45, 2.75) is 18.0 Å². The molecule has 0 spiro atoms. The molecule has 1 N–H and O–H groups in total. The summed E-state index contributed by atoms with van der Waals surface area (Å²) in [6.45, 7) is 1.78. The number of hydrogen-bond donors (Lipinski definition) is 1. The minimum absolute atomic E-state index is 0.0650. The van der Waals surface area contributed by atoms with Crippen LogP contribution in [0.15, 0.2) is 65.6 Å². The number of rotatable bonds is 7. The van der Waals surface area contributed by atoms with Crippen molar-refractivity contribution in [3.05, 3.63) is 87.5 Å². The minimum Gasteiger partial charge on any atom is -0.465 e. The Kier molecular flexibility index (Phi) is 7.01. The van der Waals surface area contributed by atoms with Gasteiger partial charge in [0.15, 0.2) is 0 Å². The van der Waals surface area contributed by atoms with Gasteiger partial charge in [0.1, 0.15) is 17.1 Å². The van der Waals surface area contributed by atoms with Crippen LogP contribution in [0.4, 0.5) is 24.5 Å². The van der Waals surface area contributed by atoms with Crippen molar-refractivity contribution in [2.75, 3.05) is 11.8 Å². The van der Waals surface area contributed by atoms with Gasteiger partial charge in [-0.3, -0.25) is 14.8 Å². The first-order valence-corrected chi connectivity index (χ1v) is 11.2. The fourth-order valence-electron chi connectivity index (χ4n) is 2.98. The predicted molar refractivity (Wildman–Crippen MR) is 118 cm³/mol. The molecule has 0 bridgehead atoms. The summed E-state index contributed by atoms with van der Waals surface area (Å²) in [4.78, 5) is 22.0. The highest BCUT2D eigenvalue weighted by molar-refractivity contribution is 7.92. The van der Waals surface area contributed by atoms with Crippen LogP contribution in [0.2, 0.25) is 0 Å². The maximum atomic E-state index is 13.2. The lowest BCUT2D eigenvalue weighted by atomic mass is 10.1. The quantitative estimate of drug-likeness (QED) is 0.260. The third kappa shape index (κ3) is 5.87. The smallest absolute Gasteiger partial charge is 0.423 e. The van der Waals surface area contributed by atoms with Crippen LogP contribution in [0.5, 0.6) is 11.5 Å². The van der Waals surface area contributed by atoms with Gasteiger partial charge in [-0.05, 0) is 49.4 Å². The second kappa shape index (κ2) is 9.62. The molecule has 3 aromatic rings. The fourth-order valence-corrected chi connectivity index (χ4v) is 4.06.